The summed E-state index contributed by atoms with van der Waals surface area (Å²) in [5.41, 5.74) is 1.65. The number of nitrogens with zero attached hydrogens (tertiary/aromatic N) is 4. The van der Waals surface area contributed by atoms with Crippen LogP contribution in [0.4, 0.5) is 10.3 Å². The predicted molar refractivity (Wildman–Crippen MR) is 82.5 cm³/mol. The quantitative estimate of drug-likeness (QED) is 0.874. The van der Waals surface area contributed by atoms with Gasteiger partial charge in [0.05, 0.1) is 13.2 Å². The van der Waals surface area contributed by atoms with Gasteiger partial charge in [0.1, 0.15) is 17.7 Å². The Morgan fingerprint density at radius 3 is 2.86 bits per heavy atom. The van der Waals surface area contributed by atoms with Crippen LogP contribution in [0.1, 0.15) is 30.0 Å². The van der Waals surface area contributed by atoms with Crippen molar-refractivity contribution in [2.24, 2.45) is 0 Å². The minimum atomic E-state index is -0.183. The summed E-state index contributed by atoms with van der Waals surface area (Å²) in [6.45, 7) is 8.76. The van der Waals surface area contributed by atoms with Gasteiger partial charge < -0.3 is 9.64 Å². The molecular weight excluding hydrogens is 283 g/mol. The van der Waals surface area contributed by atoms with Gasteiger partial charge >= 0.3 is 0 Å². The van der Waals surface area contributed by atoms with Crippen molar-refractivity contribution in [3.05, 3.63) is 41.0 Å². The van der Waals surface area contributed by atoms with Crippen LogP contribution in [-0.2, 0) is 11.3 Å². The molecule has 1 fully saturated rings. The number of morpholine rings is 1. The molecule has 5 nitrogen and oxygen atoms in total. The summed E-state index contributed by atoms with van der Waals surface area (Å²) in [6.07, 6.45) is -0.0737. The van der Waals surface area contributed by atoms with Crippen LogP contribution in [0.15, 0.2) is 18.2 Å². The Bertz CT molecular complexity index is 670. The number of hydrogen-bond acceptors (Lipinski definition) is 4. The van der Waals surface area contributed by atoms with Crippen molar-refractivity contribution in [3.8, 4) is 0 Å². The molecule has 0 N–H and O–H groups in total. The molecule has 118 valence electrons. The molecule has 0 radical (unpaired) electrons. The van der Waals surface area contributed by atoms with Crippen molar-refractivity contribution < 1.29 is 9.13 Å². The maximum atomic E-state index is 13.4. The molecule has 22 heavy (non-hydrogen) atoms. The van der Waals surface area contributed by atoms with Crippen molar-refractivity contribution >= 4 is 5.95 Å². The van der Waals surface area contributed by atoms with Gasteiger partial charge in [-0.25, -0.2) is 4.39 Å². The van der Waals surface area contributed by atoms with E-state index in [-0.39, 0.29) is 11.9 Å². The number of hydrogen-bond donors (Lipinski definition) is 0. The maximum Gasteiger partial charge on any atom is 0.227 e. The first kappa shape index (κ1) is 15.0. The Kier molecular flexibility index (Phi) is 4.11. The number of rotatable bonds is 3. The zero-order valence-electron chi connectivity index (χ0n) is 13.2. The standard InChI is InChI=1S/C16H21FN4O/c1-4-21-12(3)18-19-16(21)20-7-8-22-15(10-20)13-5-6-14(17)11(2)9-13/h5-6,9,15H,4,7-8,10H2,1-3H3. The van der Waals surface area contributed by atoms with Crippen LogP contribution in [0, 0.1) is 19.7 Å². The molecule has 2 aromatic rings. The van der Waals surface area contributed by atoms with E-state index in [1.165, 1.54) is 6.07 Å². The normalized spacial score (nSPS) is 18.7. The Balaban J connectivity index is 1.83. The molecule has 0 bridgehead atoms. The van der Waals surface area contributed by atoms with Gasteiger partial charge in [-0.15, -0.1) is 10.2 Å². The fourth-order valence-corrected chi connectivity index (χ4v) is 2.87. The smallest absolute Gasteiger partial charge is 0.227 e. The van der Waals surface area contributed by atoms with Gasteiger partial charge in [0, 0.05) is 13.1 Å². The second-order valence-corrected chi connectivity index (χ2v) is 5.61. The molecule has 2 heterocycles. The van der Waals surface area contributed by atoms with Crippen LogP contribution in [0.25, 0.3) is 0 Å². The average molecular weight is 304 g/mol. The van der Waals surface area contributed by atoms with Crippen LogP contribution < -0.4 is 4.90 Å². The highest BCUT2D eigenvalue weighted by Crippen LogP contribution is 2.26. The van der Waals surface area contributed by atoms with Crippen molar-refractivity contribution in [1.82, 2.24) is 14.8 Å². The summed E-state index contributed by atoms with van der Waals surface area (Å²) in [7, 11) is 0. The fraction of sp³-hybridized carbons (Fsp3) is 0.500. The summed E-state index contributed by atoms with van der Waals surface area (Å²) in [5, 5.41) is 8.46. The first-order chi connectivity index (χ1) is 10.6. The first-order valence-corrected chi connectivity index (χ1v) is 7.62. The van der Waals surface area contributed by atoms with Gasteiger partial charge in [-0.3, -0.25) is 4.57 Å². The highest BCUT2D eigenvalue weighted by atomic mass is 19.1. The molecule has 1 unspecified atom stereocenters. The van der Waals surface area contributed by atoms with Crippen LogP contribution >= 0.6 is 0 Å². The second-order valence-electron chi connectivity index (χ2n) is 5.61. The molecular formula is C16H21FN4O. The molecule has 0 aliphatic carbocycles. The highest BCUT2D eigenvalue weighted by Gasteiger charge is 2.26. The zero-order valence-corrected chi connectivity index (χ0v) is 13.2. The van der Waals surface area contributed by atoms with Crippen molar-refractivity contribution in [3.63, 3.8) is 0 Å². The molecule has 1 saturated heterocycles. The molecule has 3 rings (SSSR count). The summed E-state index contributed by atoms with van der Waals surface area (Å²) >= 11 is 0. The molecule has 6 heteroatoms. The molecule has 1 aromatic carbocycles. The molecule has 1 aromatic heterocycles. The Labute approximate surface area is 129 Å². The monoisotopic (exact) mass is 304 g/mol. The lowest BCUT2D eigenvalue weighted by Gasteiger charge is -2.33. The zero-order chi connectivity index (χ0) is 15.7. The van der Waals surface area contributed by atoms with Gasteiger partial charge in [-0.05, 0) is 38.0 Å². The van der Waals surface area contributed by atoms with Gasteiger partial charge in [-0.2, -0.15) is 0 Å². The van der Waals surface area contributed by atoms with E-state index < -0.39 is 0 Å². The number of halogens is 1. The van der Waals surface area contributed by atoms with Crippen molar-refractivity contribution in [2.45, 2.75) is 33.4 Å². The predicted octanol–water partition coefficient (Wildman–Crippen LogP) is 2.63. The Morgan fingerprint density at radius 2 is 2.14 bits per heavy atom. The molecule has 0 spiro atoms. The first-order valence-electron chi connectivity index (χ1n) is 7.62. The van der Waals surface area contributed by atoms with Crippen molar-refractivity contribution in [1.29, 1.82) is 0 Å². The van der Waals surface area contributed by atoms with E-state index in [0.717, 1.165) is 30.4 Å². The fourth-order valence-electron chi connectivity index (χ4n) is 2.87. The maximum absolute atomic E-state index is 13.4. The van der Waals surface area contributed by atoms with Gasteiger partial charge in [-0.1, -0.05) is 12.1 Å². The van der Waals surface area contributed by atoms with Gasteiger partial charge in [0.25, 0.3) is 0 Å². The van der Waals surface area contributed by atoms with E-state index >= 15 is 0 Å². The largest absolute Gasteiger partial charge is 0.370 e. The molecule has 0 saturated carbocycles. The van der Waals surface area contributed by atoms with Crippen molar-refractivity contribution in [2.75, 3.05) is 24.6 Å². The summed E-state index contributed by atoms with van der Waals surface area (Å²) in [4.78, 5) is 2.19. The Morgan fingerprint density at radius 1 is 1.32 bits per heavy atom. The van der Waals surface area contributed by atoms with E-state index in [4.69, 9.17) is 4.74 Å². The second kappa shape index (κ2) is 6.04. The highest BCUT2D eigenvalue weighted by molar-refractivity contribution is 5.34. The molecule has 1 aliphatic heterocycles. The minimum Gasteiger partial charge on any atom is -0.370 e. The lowest BCUT2D eigenvalue weighted by Crippen LogP contribution is -2.40. The van der Waals surface area contributed by atoms with Gasteiger partial charge in [0.15, 0.2) is 0 Å². The third kappa shape index (κ3) is 2.70. The number of aryl methyl sites for hydroxylation is 2. The van der Waals surface area contributed by atoms with E-state index in [2.05, 4.69) is 26.6 Å². The lowest BCUT2D eigenvalue weighted by molar-refractivity contribution is 0.0389. The minimum absolute atomic E-state index is 0.0737. The van der Waals surface area contributed by atoms with Crippen LogP contribution in [0.2, 0.25) is 0 Å². The lowest BCUT2D eigenvalue weighted by atomic mass is 10.0. The van der Waals surface area contributed by atoms with E-state index in [0.29, 0.717) is 18.7 Å². The number of anilines is 1. The van der Waals surface area contributed by atoms with E-state index in [9.17, 15) is 4.39 Å². The van der Waals surface area contributed by atoms with Crippen LogP contribution in [0.5, 0.6) is 0 Å². The SMILES string of the molecule is CCn1c(C)nnc1N1CCOC(c2ccc(F)c(C)c2)C1. The number of aromatic nitrogens is 3. The molecule has 1 atom stereocenters. The third-order valence-corrected chi connectivity index (χ3v) is 4.14. The third-order valence-electron chi connectivity index (χ3n) is 4.14. The topological polar surface area (TPSA) is 43.2 Å². The summed E-state index contributed by atoms with van der Waals surface area (Å²) in [5.74, 6) is 1.61. The average Bonchev–Trinajstić information content (AvgIpc) is 2.91. The van der Waals surface area contributed by atoms with Crippen LogP contribution in [0.3, 0.4) is 0 Å². The summed E-state index contributed by atoms with van der Waals surface area (Å²) in [6, 6.07) is 5.16. The number of ether oxygens (including phenoxy) is 1. The Hall–Kier alpha value is -1.95. The number of benzene rings is 1. The summed E-state index contributed by atoms with van der Waals surface area (Å²) < 4.78 is 21.4. The van der Waals surface area contributed by atoms with E-state index in [1.54, 1.807) is 13.0 Å². The van der Waals surface area contributed by atoms with Gasteiger partial charge in [0.2, 0.25) is 5.95 Å². The molecule has 0 amide bonds. The molecule has 1 aliphatic rings. The van der Waals surface area contributed by atoms with E-state index in [1.807, 2.05) is 13.0 Å². The van der Waals surface area contributed by atoms with Crippen LogP contribution in [-0.4, -0.2) is 34.5 Å².